The lowest BCUT2D eigenvalue weighted by atomic mass is 9.84. The number of halogens is 1. The highest BCUT2D eigenvalue weighted by Gasteiger charge is 2.24. The van der Waals surface area contributed by atoms with Crippen molar-refractivity contribution >= 4 is 0 Å². The lowest BCUT2D eigenvalue weighted by Gasteiger charge is -2.23. The van der Waals surface area contributed by atoms with Crippen molar-refractivity contribution in [2.45, 2.75) is 58.8 Å². The Bertz CT molecular complexity index is 424. The van der Waals surface area contributed by atoms with E-state index in [1.807, 2.05) is 19.9 Å². The second-order valence-corrected chi connectivity index (χ2v) is 5.53. The first-order valence-electron chi connectivity index (χ1n) is 7.69. The lowest BCUT2D eigenvalue weighted by Crippen LogP contribution is -2.09. The molecule has 2 aliphatic rings. The van der Waals surface area contributed by atoms with Gasteiger partial charge in [-0.25, -0.2) is 4.39 Å². The van der Waals surface area contributed by atoms with Crippen molar-refractivity contribution in [1.82, 2.24) is 0 Å². The highest BCUT2D eigenvalue weighted by molar-refractivity contribution is 5.40. The molecule has 3 rings (SSSR count). The van der Waals surface area contributed by atoms with Gasteiger partial charge >= 0.3 is 0 Å². The molecule has 0 heterocycles. The van der Waals surface area contributed by atoms with Crippen LogP contribution in [0.2, 0.25) is 0 Å². The van der Waals surface area contributed by atoms with E-state index in [9.17, 15) is 4.39 Å². The predicted molar refractivity (Wildman–Crippen MR) is 77.3 cm³/mol. The summed E-state index contributed by atoms with van der Waals surface area (Å²) >= 11 is 0. The summed E-state index contributed by atoms with van der Waals surface area (Å²) in [7, 11) is 0. The Kier molecular flexibility index (Phi) is 4.84. The number of ether oxygens (including phenoxy) is 1. The van der Waals surface area contributed by atoms with Gasteiger partial charge in [-0.15, -0.1) is 0 Å². The normalized spacial score (nSPS) is 21.2. The molecule has 106 valence electrons. The van der Waals surface area contributed by atoms with Gasteiger partial charge in [-0.3, -0.25) is 0 Å². The van der Waals surface area contributed by atoms with Crippen LogP contribution in [0, 0.1) is 11.7 Å². The van der Waals surface area contributed by atoms with Gasteiger partial charge in [0.25, 0.3) is 0 Å². The van der Waals surface area contributed by atoms with Gasteiger partial charge in [-0.1, -0.05) is 20.8 Å². The highest BCUT2D eigenvalue weighted by Crippen LogP contribution is 2.36. The SMILES string of the molecule is CC.CC1CCCc2cc(F)c(OCC3CC3)cc21. The minimum atomic E-state index is -0.182. The lowest BCUT2D eigenvalue weighted by molar-refractivity contribution is 0.284. The molecule has 1 aromatic carbocycles. The minimum Gasteiger partial charge on any atom is -0.490 e. The number of aryl methyl sites for hydroxylation is 1. The first-order chi connectivity index (χ1) is 9.24. The molecular formula is C17H25FO. The first kappa shape index (κ1) is 14.4. The van der Waals surface area contributed by atoms with Gasteiger partial charge in [-0.05, 0) is 67.2 Å². The van der Waals surface area contributed by atoms with Crippen LogP contribution in [0.5, 0.6) is 5.75 Å². The molecule has 1 unspecified atom stereocenters. The molecule has 0 aliphatic heterocycles. The molecule has 0 bridgehead atoms. The maximum Gasteiger partial charge on any atom is 0.165 e. The summed E-state index contributed by atoms with van der Waals surface area (Å²) in [5.74, 6) is 1.49. The van der Waals surface area contributed by atoms with E-state index in [0.29, 0.717) is 24.2 Å². The third-order valence-electron chi connectivity index (χ3n) is 3.98. The summed E-state index contributed by atoms with van der Waals surface area (Å²) in [6.45, 7) is 6.91. The molecule has 2 heteroatoms. The van der Waals surface area contributed by atoms with E-state index in [1.165, 1.54) is 36.8 Å². The summed E-state index contributed by atoms with van der Waals surface area (Å²) in [4.78, 5) is 0. The number of hydrogen-bond donors (Lipinski definition) is 0. The monoisotopic (exact) mass is 264 g/mol. The standard InChI is InChI=1S/C15H19FO.C2H6/c1-10-3-2-4-12-7-14(16)15(8-13(10)12)17-9-11-5-6-11;1-2/h7-8,10-11H,2-6,9H2,1H3;1-2H3. The van der Waals surface area contributed by atoms with Crippen molar-refractivity contribution in [3.05, 3.63) is 29.1 Å². The molecule has 1 atom stereocenters. The summed E-state index contributed by atoms with van der Waals surface area (Å²) in [5.41, 5.74) is 2.48. The molecule has 0 N–H and O–H groups in total. The van der Waals surface area contributed by atoms with Crippen molar-refractivity contribution in [1.29, 1.82) is 0 Å². The topological polar surface area (TPSA) is 9.23 Å². The van der Waals surface area contributed by atoms with Crippen molar-refractivity contribution in [3.63, 3.8) is 0 Å². The van der Waals surface area contributed by atoms with Gasteiger partial charge in [0.1, 0.15) is 0 Å². The molecule has 0 radical (unpaired) electrons. The zero-order valence-electron chi connectivity index (χ0n) is 12.3. The fourth-order valence-corrected chi connectivity index (χ4v) is 2.64. The molecule has 1 saturated carbocycles. The van der Waals surface area contributed by atoms with E-state index < -0.39 is 0 Å². The highest BCUT2D eigenvalue weighted by atomic mass is 19.1. The van der Waals surface area contributed by atoms with Gasteiger partial charge in [-0.2, -0.15) is 0 Å². The summed E-state index contributed by atoms with van der Waals surface area (Å²) in [5, 5.41) is 0. The van der Waals surface area contributed by atoms with Crippen molar-refractivity contribution in [2.24, 2.45) is 5.92 Å². The number of benzene rings is 1. The van der Waals surface area contributed by atoms with Crippen LogP contribution in [0.25, 0.3) is 0 Å². The van der Waals surface area contributed by atoms with Crippen LogP contribution in [-0.4, -0.2) is 6.61 Å². The predicted octanol–water partition coefficient (Wildman–Crippen LogP) is 5.08. The summed E-state index contributed by atoms with van der Waals surface area (Å²) in [6.07, 6.45) is 5.88. The van der Waals surface area contributed by atoms with Crippen molar-refractivity contribution in [3.8, 4) is 5.75 Å². The summed E-state index contributed by atoms with van der Waals surface area (Å²) < 4.78 is 19.5. The Labute approximate surface area is 116 Å². The van der Waals surface area contributed by atoms with E-state index in [1.54, 1.807) is 6.07 Å². The van der Waals surface area contributed by atoms with Gasteiger partial charge in [0.2, 0.25) is 0 Å². The summed E-state index contributed by atoms with van der Waals surface area (Å²) in [6, 6.07) is 3.63. The fraction of sp³-hybridized carbons (Fsp3) is 0.647. The molecule has 1 aromatic rings. The Morgan fingerprint density at radius 2 is 1.95 bits per heavy atom. The Morgan fingerprint density at radius 1 is 1.21 bits per heavy atom. The quantitative estimate of drug-likeness (QED) is 0.739. The maximum absolute atomic E-state index is 13.9. The zero-order chi connectivity index (χ0) is 13.8. The Morgan fingerprint density at radius 3 is 2.63 bits per heavy atom. The third kappa shape index (κ3) is 3.49. The van der Waals surface area contributed by atoms with E-state index in [0.717, 1.165) is 6.42 Å². The maximum atomic E-state index is 13.9. The minimum absolute atomic E-state index is 0.182. The molecular weight excluding hydrogens is 239 g/mol. The molecule has 0 aromatic heterocycles. The van der Waals surface area contributed by atoms with E-state index in [-0.39, 0.29) is 5.82 Å². The molecule has 0 saturated heterocycles. The van der Waals surface area contributed by atoms with Crippen LogP contribution in [-0.2, 0) is 6.42 Å². The zero-order valence-corrected chi connectivity index (χ0v) is 12.3. The fourth-order valence-electron chi connectivity index (χ4n) is 2.64. The first-order valence-corrected chi connectivity index (χ1v) is 7.69. The van der Waals surface area contributed by atoms with Crippen molar-refractivity contribution < 1.29 is 9.13 Å². The largest absolute Gasteiger partial charge is 0.490 e. The van der Waals surface area contributed by atoms with E-state index >= 15 is 0 Å². The van der Waals surface area contributed by atoms with Gasteiger partial charge in [0, 0.05) is 0 Å². The van der Waals surface area contributed by atoms with Crippen molar-refractivity contribution in [2.75, 3.05) is 6.61 Å². The third-order valence-corrected chi connectivity index (χ3v) is 3.98. The van der Waals surface area contributed by atoms with Gasteiger partial charge in [0.05, 0.1) is 6.61 Å². The van der Waals surface area contributed by atoms with Crippen LogP contribution >= 0.6 is 0 Å². The Balaban J connectivity index is 0.000000637. The Hall–Kier alpha value is -1.05. The van der Waals surface area contributed by atoms with Crippen LogP contribution < -0.4 is 4.74 Å². The molecule has 0 amide bonds. The smallest absolute Gasteiger partial charge is 0.165 e. The molecule has 1 nitrogen and oxygen atoms in total. The number of hydrogen-bond acceptors (Lipinski definition) is 1. The number of fused-ring (bicyclic) bond motifs is 1. The molecule has 19 heavy (non-hydrogen) atoms. The second-order valence-electron chi connectivity index (χ2n) is 5.53. The van der Waals surface area contributed by atoms with Crippen LogP contribution in [0.3, 0.4) is 0 Å². The number of rotatable bonds is 3. The van der Waals surface area contributed by atoms with E-state index in [2.05, 4.69) is 6.92 Å². The van der Waals surface area contributed by atoms with Crippen LogP contribution in [0.4, 0.5) is 4.39 Å². The van der Waals surface area contributed by atoms with E-state index in [4.69, 9.17) is 4.74 Å². The van der Waals surface area contributed by atoms with Gasteiger partial charge in [0.15, 0.2) is 11.6 Å². The van der Waals surface area contributed by atoms with Gasteiger partial charge < -0.3 is 4.74 Å². The van der Waals surface area contributed by atoms with Crippen LogP contribution in [0.15, 0.2) is 12.1 Å². The molecule has 0 spiro atoms. The second kappa shape index (κ2) is 6.40. The van der Waals surface area contributed by atoms with Crippen LogP contribution in [0.1, 0.15) is 63.5 Å². The molecule has 1 fully saturated rings. The molecule has 2 aliphatic carbocycles. The average Bonchev–Trinajstić information content (AvgIpc) is 3.23. The average molecular weight is 264 g/mol.